The van der Waals surface area contributed by atoms with Gasteiger partial charge in [0.2, 0.25) is 5.91 Å². The molecule has 1 saturated heterocycles. The Morgan fingerprint density at radius 1 is 1.43 bits per heavy atom. The van der Waals surface area contributed by atoms with Crippen LogP contribution in [0.25, 0.3) is 0 Å². The van der Waals surface area contributed by atoms with Crippen molar-refractivity contribution in [3.05, 3.63) is 29.8 Å². The Kier molecular flexibility index (Phi) is 5.94. The van der Waals surface area contributed by atoms with Crippen LogP contribution in [0.3, 0.4) is 0 Å². The second-order valence-corrected chi connectivity index (χ2v) is 6.20. The van der Waals surface area contributed by atoms with E-state index in [2.05, 4.69) is 18.5 Å². The van der Waals surface area contributed by atoms with Gasteiger partial charge in [-0.3, -0.25) is 10.1 Å². The minimum atomic E-state index is -0.0620. The van der Waals surface area contributed by atoms with E-state index in [1.807, 2.05) is 29.2 Å². The molecule has 0 bridgehead atoms. The number of ether oxygens (including phenoxy) is 1. The number of hydrogen-bond acceptors (Lipinski definition) is 4. The molecule has 0 aliphatic carbocycles. The molecule has 1 N–H and O–H groups in total. The molecule has 4 nitrogen and oxygen atoms in total. The van der Waals surface area contributed by atoms with Crippen LogP contribution in [0.1, 0.15) is 31.5 Å². The highest BCUT2D eigenvalue weighted by Crippen LogP contribution is 2.29. The molecular formula is C16H24N2O2S. The summed E-state index contributed by atoms with van der Waals surface area (Å²) in [7, 11) is 1.66. The first-order valence-corrected chi connectivity index (χ1v) is 8.80. The third kappa shape index (κ3) is 3.71. The van der Waals surface area contributed by atoms with Crippen LogP contribution in [0.15, 0.2) is 24.3 Å². The topological polar surface area (TPSA) is 41.6 Å². The van der Waals surface area contributed by atoms with Crippen molar-refractivity contribution in [2.45, 2.75) is 32.0 Å². The second-order valence-electron chi connectivity index (χ2n) is 5.21. The summed E-state index contributed by atoms with van der Waals surface area (Å²) in [6.07, 6.45) is 3.91. The van der Waals surface area contributed by atoms with Gasteiger partial charge in [-0.25, -0.2) is 0 Å². The van der Waals surface area contributed by atoms with Crippen molar-refractivity contribution >= 4 is 17.7 Å². The smallest absolute Gasteiger partial charge is 0.241 e. The fourth-order valence-corrected chi connectivity index (χ4v) is 3.07. The van der Waals surface area contributed by atoms with Crippen LogP contribution in [-0.4, -0.2) is 42.5 Å². The number of hydrogen-bond donors (Lipinski definition) is 1. The Hall–Kier alpha value is -1.20. The molecule has 0 radical (unpaired) electrons. The van der Waals surface area contributed by atoms with E-state index in [0.29, 0.717) is 0 Å². The highest BCUT2D eigenvalue weighted by atomic mass is 32.2. The number of nitrogens with zero attached hydrogens (tertiary/aromatic N) is 1. The number of benzene rings is 1. The molecule has 2 unspecified atom stereocenters. The van der Waals surface area contributed by atoms with Crippen molar-refractivity contribution in [2.24, 2.45) is 0 Å². The lowest BCUT2D eigenvalue weighted by atomic mass is 10.1. The van der Waals surface area contributed by atoms with Crippen molar-refractivity contribution in [1.82, 2.24) is 10.2 Å². The normalized spacial score (nSPS) is 21.9. The zero-order chi connectivity index (χ0) is 15.2. The van der Waals surface area contributed by atoms with Gasteiger partial charge in [-0.2, -0.15) is 11.8 Å². The van der Waals surface area contributed by atoms with E-state index >= 15 is 0 Å². The molecule has 1 aliphatic rings. The summed E-state index contributed by atoms with van der Waals surface area (Å²) in [5, 5.41) is 3.48. The van der Waals surface area contributed by atoms with Gasteiger partial charge in [0.15, 0.2) is 0 Å². The minimum absolute atomic E-state index is 0.0451. The molecule has 1 aromatic rings. The molecular weight excluding hydrogens is 284 g/mol. The summed E-state index contributed by atoms with van der Waals surface area (Å²) < 4.78 is 5.30. The number of carbonyl (C=O) groups is 1. The standard InChI is InChI=1S/C16H24N2O2S/c1-4-6-14-16(19)18(9-10-21-3)15(17-14)12-7-5-8-13(11-12)20-2/h5,7-8,11,14-15,17H,4,6,9-10H2,1-3H3. The number of rotatable bonds is 7. The van der Waals surface area contributed by atoms with Crippen LogP contribution >= 0.6 is 11.8 Å². The predicted molar refractivity (Wildman–Crippen MR) is 87.7 cm³/mol. The van der Waals surface area contributed by atoms with Gasteiger partial charge in [-0.1, -0.05) is 25.5 Å². The Morgan fingerprint density at radius 2 is 2.24 bits per heavy atom. The molecule has 0 saturated carbocycles. The predicted octanol–water partition coefficient (Wildman–Crippen LogP) is 2.66. The molecule has 0 aromatic heterocycles. The molecule has 1 aliphatic heterocycles. The fraction of sp³-hybridized carbons (Fsp3) is 0.562. The maximum Gasteiger partial charge on any atom is 0.241 e. The van der Waals surface area contributed by atoms with Crippen molar-refractivity contribution in [2.75, 3.05) is 25.7 Å². The number of methoxy groups -OCH3 is 1. The summed E-state index contributed by atoms with van der Waals surface area (Å²) in [5.74, 6) is 2.00. The Labute approximate surface area is 131 Å². The Balaban J connectivity index is 2.22. The molecule has 1 heterocycles. The molecule has 21 heavy (non-hydrogen) atoms. The van der Waals surface area contributed by atoms with E-state index in [-0.39, 0.29) is 18.1 Å². The van der Waals surface area contributed by atoms with Gasteiger partial charge in [0, 0.05) is 12.3 Å². The average molecular weight is 308 g/mol. The molecule has 1 aromatic carbocycles. The van der Waals surface area contributed by atoms with Gasteiger partial charge in [-0.05, 0) is 30.4 Å². The van der Waals surface area contributed by atoms with Gasteiger partial charge in [0.05, 0.1) is 13.2 Å². The summed E-state index contributed by atoms with van der Waals surface area (Å²) >= 11 is 1.76. The third-order valence-corrected chi connectivity index (χ3v) is 4.37. The molecule has 2 atom stereocenters. The quantitative estimate of drug-likeness (QED) is 0.841. The Bertz CT molecular complexity index is 481. The molecule has 0 spiro atoms. The largest absolute Gasteiger partial charge is 0.497 e. The summed E-state index contributed by atoms with van der Waals surface area (Å²) in [4.78, 5) is 14.5. The van der Waals surface area contributed by atoms with E-state index in [4.69, 9.17) is 4.74 Å². The van der Waals surface area contributed by atoms with Crippen LogP contribution in [0.2, 0.25) is 0 Å². The van der Waals surface area contributed by atoms with Crippen LogP contribution in [0, 0.1) is 0 Å². The summed E-state index contributed by atoms with van der Waals surface area (Å²) in [6, 6.07) is 7.89. The van der Waals surface area contributed by atoms with Crippen molar-refractivity contribution in [3.63, 3.8) is 0 Å². The fourth-order valence-electron chi connectivity index (χ4n) is 2.69. The maximum absolute atomic E-state index is 12.6. The molecule has 1 fully saturated rings. The third-order valence-electron chi connectivity index (χ3n) is 3.78. The second kappa shape index (κ2) is 7.71. The van der Waals surface area contributed by atoms with Gasteiger partial charge >= 0.3 is 0 Å². The Morgan fingerprint density at radius 3 is 2.90 bits per heavy atom. The van der Waals surface area contributed by atoms with E-state index in [1.165, 1.54) is 0 Å². The first kappa shape index (κ1) is 16.2. The van der Waals surface area contributed by atoms with Crippen LogP contribution in [0.4, 0.5) is 0 Å². The van der Waals surface area contributed by atoms with E-state index < -0.39 is 0 Å². The van der Waals surface area contributed by atoms with E-state index in [9.17, 15) is 4.79 Å². The number of nitrogens with one attached hydrogen (secondary N) is 1. The van der Waals surface area contributed by atoms with Crippen molar-refractivity contribution in [1.29, 1.82) is 0 Å². The zero-order valence-corrected chi connectivity index (χ0v) is 13.8. The van der Waals surface area contributed by atoms with Crippen molar-refractivity contribution in [3.8, 4) is 5.75 Å². The first-order valence-electron chi connectivity index (χ1n) is 7.40. The lowest BCUT2D eigenvalue weighted by Gasteiger charge is -2.24. The number of amides is 1. The minimum Gasteiger partial charge on any atom is -0.497 e. The zero-order valence-electron chi connectivity index (χ0n) is 13.0. The van der Waals surface area contributed by atoms with Crippen LogP contribution in [0.5, 0.6) is 5.75 Å². The lowest BCUT2D eigenvalue weighted by molar-refractivity contribution is -0.130. The first-order chi connectivity index (χ1) is 10.2. The average Bonchev–Trinajstić information content (AvgIpc) is 2.82. The monoisotopic (exact) mass is 308 g/mol. The summed E-state index contributed by atoms with van der Waals surface area (Å²) in [6.45, 7) is 2.88. The molecule has 116 valence electrons. The van der Waals surface area contributed by atoms with Crippen LogP contribution < -0.4 is 10.1 Å². The molecule has 1 amide bonds. The van der Waals surface area contributed by atoms with Crippen LogP contribution in [-0.2, 0) is 4.79 Å². The van der Waals surface area contributed by atoms with Gasteiger partial charge in [0.25, 0.3) is 0 Å². The molecule has 5 heteroatoms. The SMILES string of the molecule is CCCC1NC(c2cccc(OC)c2)N(CCSC)C1=O. The number of carbonyl (C=O) groups excluding carboxylic acids is 1. The van der Waals surface area contributed by atoms with E-state index in [1.54, 1.807) is 18.9 Å². The summed E-state index contributed by atoms with van der Waals surface area (Å²) in [5.41, 5.74) is 1.09. The van der Waals surface area contributed by atoms with Crippen molar-refractivity contribution < 1.29 is 9.53 Å². The highest BCUT2D eigenvalue weighted by Gasteiger charge is 2.38. The van der Waals surface area contributed by atoms with Gasteiger partial charge in [-0.15, -0.1) is 0 Å². The van der Waals surface area contributed by atoms with Gasteiger partial charge in [0.1, 0.15) is 11.9 Å². The van der Waals surface area contributed by atoms with E-state index in [0.717, 1.165) is 36.5 Å². The van der Waals surface area contributed by atoms with Gasteiger partial charge < -0.3 is 9.64 Å². The maximum atomic E-state index is 12.6. The number of thioether (sulfide) groups is 1. The lowest BCUT2D eigenvalue weighted by Crippen LogP contribution is -2.33. The highest BCUT2D eigenvalue weighted by molar-refractivity contribution is 7.98. The molecule has 2 rings (SSSR count).